The summed E-state index contributed by atoms with van der Waals surface area (Å²) in [5.74, 6) is -1.82. The fourth-order valence-corrected chi connectivity index (χ4v) is 2.13. The van der Waals surface area contributed by atoms with E-state index in [1.165, 1.54) is 12.1 Å². The van der Waals surface area contributed by atoms with Gasteiger partial charge in [-0.1, -0.05) is 37.0 Å². The SMILES string of the molecule is CC(C)C[C@H](NC(=O)Nc1cc(Cl)c(F)c(Cl)c1)C(=O)O. The number of hydrogen-bond donors (Lipinski definition) is 3. The molecule has 0 aliphatic carbocycles. The van der Waals surface area contributed by atoms with Gasteiger partial charge in [0.05, 0.1) is 10.0 Å². The fourth-order valence-electron chi connectivity index (χ4n) is 1.65. The van der Waals surface area contributed by atoms with Gasteiger partial charge in [-0.25, -0.2) is 14.0 Å². The Morgan fingerprint density at radius 2 is 1.81 bits per heavy atom. The van der Waals surface area contributed by atoms with E-state index in [9.17, 15) is 14.0 Å². The number of hydrogen-bond acceptors (Lipinski definition) is 2. The van der Waals surface area contributed by atoms with Crippen LogP contribution in [0.5, 0.6) is 0 Å². The predicted molar refractivity (Wildman–Crippen MR) is 79.5 cm³/mol. The number of urea groups is 1. The molecule has 0 saturated heterocycles. The zero-order chi connectivity index (χ0) is 16.2. The standard InChI is InChI=1S/C13H15Cl2FN2O3/c1-6(2)3-10(12(19)20)18-13(21)17-7-4-8(14)11(16)9(15)5-7/h4-6,10H,3H2,1-2H3,(H,19,20)(H2,17,18,21)/t10-/m0/s1. The molecule has 1 aromatic rings. The molecule has 1 rings (SSSR count). The maximum Gasteiger partial charge on any atom is 0.326 e. The Morgan fingerprint density at radius 3 is 2.24 bits per heavy atom. The Balaban J connectivity index is 2.74. The molecule has 0 aliphatic rings. The molecule has 0 aliphatic heterocycles. The number of aliphatic carboxylic acids is 1. The van der Waals surface area contributed by atoms with Gasteiger partial charge in [0.25, 0.3) is 0 Å². The molecule has 0 bridgehead atoms. The second-order valence-corrected chi connectivity index (χ2v) is 5.69. The Hall–Kier alpha value is -1.53. The minimum atomic E-state index is -1.13. The summed E-state index contributed by atoms with van der Waals surface area (Å²) in [5, 5.41) is 13.2. The average molecular weight is 337 g/mol. The molecule has 5 nitrogen and oxygen atoms in total. The molecule has 116 valence electrons. The molecule has 0 radical (unpaired) electrons. The van der Waals surface area contributed by atoms with Crippen LogP contribution >= 0.6 is 23.2 Å². The van der Waals surface area contributed by atoms with E-state index in [2.05, 4.69) is 10.6 Å². The molecule has 0 fully saturated rings. The van der Waals surface area contributed by atoms with E-state index in [1.807, 2.05) is 13.8 Å². The number of benzene rings is 1. The first-order valence-corrected chi connectivity index (χ1v) is 6.91. The number of carbonyl (C=O) groups excluding carboxylic acids is 1. The highest BCUT2D eigenvalue weighted by Crippen LogP contribution is 2.27. The smallest absolute Gasteiger partial charge is 0.326 e. The minimum absolute atomic E-state index is 0.0983. The monoisotopic (exact) mass is 336 g/mol. The number of rotatable bonds is 5. The topological polar surface area (TPSA) is 78.4 Å². The van der Waals surface area contributed by atoms with Crippen LogP contribution in [0.4, 0.5) is 14.9 Å². The molecule has 0 heterocycles. The van der Waals surface area contributed by atoms with Crippen molar-refractivity contribution in [2.75, 3.05) is 5.32 Å². The predicted octanol–water partition coefficient (Wildman–Crippen LogP) is 3.75. The summed E-state index contributed by atoms with van der Waals surface area (Å²) >= 11 is 11.2. The first-order chi connectivity index (χ1) is 9.70. The van der Waals surface area contributed by atoms with Crippen molar-refractivity contribution in [3.63, 3.8) is 0 Å². The number of anilines is 1. The van der Waals surface area contributed by atoms with Crippen molar-refractivity contribution in [3.8, 4) is 0 Å². The summed E-state index contributed by atoms with van der Waals surface area (Å²) in [6.07, 6.45) is 0.285. The van der Waals surface area contributed by atoms with Gasteiger partial charge in [-0.05, 0) is 24.5 Å². The normalized spacial score (nSPS) is 12.1. The van der Waals surface area contributed by atoms with Gasteiger partial charge in [0.1, 0.15) is 6.04 Å². The number of nitrogens with one attached hydrogen (secondary N) is 2. The Bertz CT molecular complexity index is 529. The molecular formula is C13H15Cl2FN2O3. The Morgan fingerprint density at radius 1 is 1.29 bits per heavy atom. The maximum atomic E-state index is 13.2. The van der Waals surface area contributed by atoms with Gasteiger partial charge in [-0.3, -0.25) is 0 Å². The zero-order valence-corrected chi connectivity index (χ0v) is 12.9. The first kappa shape index (κ1) is 17.5. The number of amides is 2. The van der Waals surface area contributed by atoms with E-state index in [1.54, 1.807) is 0 Å². The van der Waals surface area contributed by atoms with Crippen molar-refractivity contribution in [1.29, 1.82) is 0 Å². The summed E-state index contributed by atoms with van der Waals surface area (Å²) in [7, 11) is 0. The lowest BCUT2D eigenvalue weighted by molar-refractivity contribution is -0.139. The van der Waals surface area contributed by atoms with Crippen LogP contribution in [-0.2, 0) is 4.79 Å². The summed E-state index contributed by atoms with van der Waals surface area (Å²) in [4.78, 5) is 22.8. The van der Waals surface area contributed by atoms with Gasteiger partial charge in [-0.15, -0.1) is 0 Å². The summed E-state index contributed by atoms with van der Waals surface area (Å²) < 4.78 is 13.2. The molecule has 0 unspecified atom stereocenters. The van der Waals surface area contributed by atoms with Crippen molar-refractivity contribution in [1.82, 2.24) is 5.32 Å². The van der Waals surface area contributed by atoms with Gasteiger partial charge < -0.3 is 15.7 Å². The number of carbonyl (C=O) groups is 2. The van der Waals surface area contributed by atoms with Crippen molar-refractivity contribution in [3.05, 3.63) is 28.0 Å². The lowest BCUT2D eigenvalue weighted by Gasteiger charge is -2.17. The van der Waals surface area contributed by atoms with E-state index in [0.717, 1.165) is 0 Å². The van der Waals surface area contributed by atoms with Crippen LogP contribution < -0.4 is 10.6 Å². The van der Waals surface area contributed by atoms with E-state index < -0.39 is 23.9 Å². The molecule has 0 saturated carbocycles. The van der Waals surface area contributed by atoms with Crippen LogP contribution in [0.15, 0.2) is 12.1 Å². The van der Waals surface area contributed by atoms with E-state index in [-0.39, 0.29) is 28.1 Å². The van der Waals surface area contributed by atoms with Crippen LogP contribution in [0.1, 0.15) is 20.3 Å². The molecule has 0 aromatic heterocycles. The van der Waals surface area contributed by atoms with Crippen LogP contribution in [-0.4, -0.2) is 23.1 Å². The van der Waals surface area contributed by atoms with Crippen molar-refractivity contribution in [2.45, 2.75) is 26.3 Å². The molecule has 1 aromatic carbocycles. The molecule has 0 spiro atoms. The van der Waals surface area contributed by atoms with Gasteiger partial charge in [0, 0.05) is 5.69 Å². The molecule has 8 heteroatoms. The zero-order valence-electron chi connectivity index (χ0n) is 11.4. The van der Waals surface area contributed by atoms with E-state index in [4.69, 9.17) is 28.3 Å². The third-order valence-electron chi connectivity index (χ3n) is 2.55. The summed E-state index contributed by atoms with van der Waals surface area (Å²) in [5.41, 5.74) is 0.164. The number of carboxylic acids is 1. The van der Waals surface area contributed by atoms with Crippen LogP contribution in [0.25, 0.3) is 0 Å². The highest BCUT2D eigenvalue weighted by Gasteiger charge is 2.21. The number of halogens is 3. The molecule has 1 atom stereocenters. The summed E-state index contributed by atoms with van der Waals surface area (Å²) in [6.45, 7) is 3.68. The molecule has 2 amide bonds. The lowest BCUT2D eigenvalue weighted by Crippen LogP contribution is -2.43. The van der Waals surface area contributed by atoms with Gasteiger partial charge in [-0.2, -0.15) is 0 Å². The van der Waals surface area contributed by atoms with Gasteiger partial charge >= 0.3 is 12.0 Å². The van der Waals surface area contributed by atoms with Crippen LogP contribution in [0.3, 0.4) is 0 Å². The molecular weight excluding hydrogens is 322 g/mol. The minimum Gasteiger partial charge on any atom is -0.480 e. The first-order valence-electron chi connectivity index (χ1n) is 6.15. The summed E-state index contributed by atoms with van der Waals surface area (Å²) in [6, 6.07) is 0.611. The second-order valence-electron chi connectivity index (χ2n) is 4.87. The third kappa shape index (κ3) is 5.40. The Labute approximate surface area is 131 Å². The third-order valence-corrected chi connectivity index (χ3v) is 3.10. The quantitative estimate of drug-likeness (QED) is 0.716. The van der Waals surface area contributed by atoms with Crippen molar-refractivity contribution in [2.24, 2.45) is 5.92 Å². The van der Waals surface area contributed by atoms with Crippen molar-refractivity contribution >= 4 is 40.9 Å². The fraction of sp³-hybridized carbons (Fsp3) is 0.385. The second kappa shape index (κ2) is 7.47. The largest absolute Gasteiger partial charge is 0.480 e. The van der Waals surface area contributed by atoms with Gasteiger partial charge in [0.15, 0.2) is 5.82 Å². The average Bonchev–Trinajstić information content (AvgIpc) is 2.34. The highest BCUT2D eigenvalue weighted by molar-refractivity contribution is 6.35. The van der Waals surface area contributed by atoms with E-state index in [0.29, 0.717) is 0 Å². The molecule has 3 N–H and O–H groups in total. The van der Waals surface area contributed by atoms with E-state index >= 15 is 0 Å². The number of carboxylic acid groups (broad SMARTS) is 1. The van der Waals surface area contributed by atoms with Crippen LogP contribution in [0.2, 0.25) is 10.0 Å². The van der Waals surface area contributed by atoms with Crippen molar-refractivity contribution < 1.29 is 19.1 Å². The molecule has 21 heavy (non-hydrogen) atoms. The maximum absolute atomic E-state index is 13.2. The van der Waals surface area contributed by atoms with Crippen LogP contribution in [0, 0.1) is 11.7 Å². The lowest BCUT2D eigenvalue weighted by atomic mass is 10.0. The van der Waals surface area contributed by atoms with Gasteiger partial charge in [0.2, 0.25) is 0 Å². The highest BCUT2D eigenvalue weighted by atomic mass is 35.5. The Kier molecular flexibility index (Phi) is 6.23.